The standard InChI is InChI=1S/C3H4N3/c4-3-5-1-2-6-3/h1-2H,4H2. The van der Waals surface area contributed by atoms with E-state index in [1.807, 2.05) is 0 Å². The maximum atomic E-state index is 5.06. The molecule has 3 nitrogen and oxygen atoms in total. The van der Waals surface area contributed by atoms with Crippen LogP contribution in [0.25, 0.3) is 0 Å². The second kappa shape index (κ2) is 1.18. The number of rotatable bonds is 0. The number of nitrogens with two attached hydrogens (primary N) is 1. The summed E-state index contributed by atoms with van der Waals surface area (Å²) in [6.45, 7) is 0. The molecule has 0 unspecified atom stereocenters. The Morgan fingerprint density at radius 3 is 2.00 bits per heavy atom. The van der Waals surface area contributed by atoms with Crippen molar-refractivity contribution in [1.29, 1.82) is 0 Å². The Labute approximate surface area is 35.6 Å². The van der Waals surface area contributed by atoms with Gasteiger partial charge >= 0.3 is 0 Å². The maximum absolute atomic E-state index is 5.06. The van der Waals surface area contributed by atoms with Gasteiger partial charge in [-0.1, -0.05) is 0 Å². The monoisotopic (exact) mass is 82.0 g/mol. The van der Waals surface area contributed by atoms with E-state index in [0.29, 0.717) is 6.29 Å². The van der Waals surface area contributed by atoms with Crippen LogP contribution in [0.5, 0.6) is 0 Å². The minimum Gasteiger partial charge on any atom is -0.283 e. The topological polar surface area (TPSA) is 50.7 Å². The summed E-state index contributed by atoms with van der Waals surface area (Å²) in [7, 11) is 0. The molecule has 1 radical (unpaired) electrons. The molecule has 1 rings (SSSR count). The summed E-state index contributed by atoms with van der Waals surface area (Å²) < 4.78 is 0. The molecular weight excluding hydrogens is 78.1 g/mol. The van der Waals surface area contributed by atoms with Crippen LogP contribution in [0.4, 0.5) is 0 Å². The van der Waals surface area contributed by atoms with Gasteiger partial charge in [-0.2, -0.15) is 0 Å². The van der Waals surface area contributed by atoms with Crippen molar-refractivity contribution in [2.45, 2.75) is 0 Å². The summed E-state index contributed by atoms with van der Waals surface area (Å²) in [4.78, 5) is 7.17. The average molecular weight is 82.1 g/mol. The first kappa shape index (κ1) is 3.49. The van der Waals surface area contributed by atoms with Crippen molar-refractivity contribution < 1.29 is 0 Å². The molecule has 0 aromatic carbocycles. The highest BCUT2D eigenvalue weighted by atomic mass is 15.1. The Morgan fingerprint density at radius 1 is 1.33 bits per heavy atom. The van der Waals surface area contributed by atoms with Gasteiger partial charge in [-0.25, -0.2) is 9.98 Å². The van der Waals surface area contributed by atoms with Crippen LogP contribution in [0.3, 0.4) is 0 Å². The van der Waals surface area contributed by atoms with Crippen LogP contribution in [0.15, 0.2) is 9.98 Å². The van der Waals surface area contributed by atoms with E-state index in [1.54, 1.807) is 12.4 Å². The molecule has 1 aliphatic rings. The number of hydrogen-bond donors (Lipinski definition) is 1. The molecule has 0 aromatic heterocycles. The van der Waals surface area contributed by atoms with Crippen molar-refractivity contribution in [1.82, 2.24) is 0 Å². The number of nitrogens with zero attached hydrogens (tertiary/aromatic N) is 2. The lowest BCUT2D eigenvalue weighted by Gasteiger charge is -1.82. The number of aliphatic imine (C=N–C) groups is 2. The third-order valence-corrected chi connectivity index (χ3v) is 0.480. The molecule has 1 aliphatic heterocycles. The Bertz CT molecular complexity index is 82.2. The van der Waals surface area contributed by atoms with E-state index in [1.165, 1.54) is 0 Å². The van der Waals surface area contributed by atoms with Crippen molar-refractivity contribution in [2.75, 3.05) is 0 Å². The molecule has 2 N–H and O–H groups in total. The minimum atomic E-state index is 0.343. The fourth-order valence-corrected chi connectivity index (χ4v) is 0.253. The molecule has 31 valence electrons. The predicted molar refractivity (Wildman–Crippen MR) is 24.4 cm³/mol. The van der Waals surface area contributed by atoms with Gasteiger partial charge in [-0.15, -0.1) is 0 Å². The second-order valence-corrected chi connectivity index (χ2v) is 0.915. The molecule has 0 fully saturated rings. The van der Waals surface area contributed by atoms with Gasteiger partial charge in [0.2, 0.25) is 0 Å². The van der Waals surface area contributed by atoms with Crippen LogP contribution in [0.1, 0.15) is 0 Å². The third kappa shape index (κ3) is 0.440. The van der Waals surface area contributed by atoms with Crippen molar-refractivity contribution >= 4 is 12.4 Å². The highest BCUT2D eigenvalue weighted by Gasteiger charge is 1.94. The molecule has 0 bridgehead atoms. The van der Waals surface area contributed by atoms with E-state index < -0.39 is 0 Å². The quantitative estimate of drug-likeness (QED) is 0.422. The van der Waals surface area contributed by atoms with Gasteiger partial charge in [0, 0.05) is 12.4 Å². The lowest BCUT2D eigenvalue weighted by Crippen LogP contribution is -1.98. The molecule has 3 heteroatoms. The normalized spacial score (nSPS) is 20.2. The summed E-state index contributed by atoms with van der Waals surface area (Å²) in [5, 5.41) is 0. The Hall–Kier alpha value is -0.700. The van der Waals surface area contributed by atoms with Gasteiger partial charge in [0.25, 0.3) is 6.29 Å². The third-order valence-electron chi connectivity index (χ3n) is 0.480. The van der Waals surface area contributed by atoms with Gasteiger partial charge < -0.3 is 0 Å². The van der Waals surface area contributed by atoms with Crippen LogP contribution in [-0.2, 0) is 0 Å². The molecule has 6 heavy (non-hydrogen) atoms. The fourth-order valence-electron chi connectivity index (χ4n) is 0.253. The summed E-state index contributed by atoms with van der Waals surface area (Å²) in [6.07, 6.45) is 3.44. The highest BCUT2D eigenvalue weighted by Crippen LogP contribution is 1.93. The van der Waals surface area contributed by atoms with E-state index in [4.69, 9.17) is 5.73 Å². The van der Waals surface area contributed by atoms with Crippen LogP contribution < -0.4 is 5.73 Å². The molecule has 0 amide bonds. The van der Waals surface area contributed by atoms with E-state index >= 15 is 0 Å². The molecule has 1 heterocycles. The lowest BCUT2D eigenvalue weighted by atomic mass is 10.9. The minimum absolute atomic E-state index is 0.343. The Balaban J connectivity index is 2.60. The summed E-state index contributed by atoms with van der Waals surface area (Å²) in [5.41, 5.74) is 5.06. The van der Waals surface area contributed by atoms with Gasteiger partial charge in [0.1, 0.15) is 0 Å². The zero-order valence-corrected chi connectivity index (χ0v) is 3.13. The lowest BCUT2D eigenvalue weighted by molar-refractivity contribution is 0.981. The van der Waals surface area contributed by atoms with E-state index in [0.717, 1.165) is 0 Å². The first-order valence-electron chi connectivity index (χ1n) is 1.59. The summed E-state index contributed by atoms with van der Waals surface area (Å²) in [6, 6.07) is 0. The molecule has 0 aliphatic carbocycles. The predicted octanol–water partition coefficient (Wildman–Crippen LogP) is -0.453. The summed E-state index contributed by atoms with van der Waals surface area (Å²) in [5.74, 6) is 0. The van der Waals surface area contributed by atoms with Crippen molar-refractivity contribution in [3.63, 3.8) is 0 Å². The smallest absolute Gasteiger partial charge is 0.263 e. The van der Waals surface area contributed by atoms with Gasteiger partial charge in [0.15, 0.2) is 0 Å². The maximum Gasteiger partial charge on any atom is 0.263 e. The SMILES string of the molecule is N[C]1N=CC=N1. The first-order valence-corrected chi connectivity index (χ1v) is 1.59. The second-order valence-electron chi connectivity index (χ2n) is 0.915. The zero-order valence-electron chi connectivity index (χ0n) is 3.13. The van der Waals surface area contributed by atoms with Crippen molar-refractivity contribution in [2.24, 2.45) is 15.7 Å². The van der Waals surface area contributed by atoms with Crippen LogP contribution in [0.2, 0.25) is 0 Å². The molecule has 0 aromatic rings. The van der Waals surface area contributed by atoms with Crippen molar-refractivity contribution in [3.05, 3.63) is 6.29 Å². The molecular formula is C3H4N3. The molecule has 0 atom stereocenters. The van der Waals surface area contributed by atoms with E-state index in [2.05, 4.69) is 9.98 Å². The van der Waals surface area contributed by atoms with Crippen LogP contribution in [-0.4, -0.2) is 12.4 Å². The van der Waals surface area contributed by atoms with Crippen LogP contribution >= 0.6 is 0 Å². The highest BCUT2D eigenvalue weighted by molar-refractivity contribution is 6.17. The summed E-state index contributed by atoms with van der Waals surface area (Å²) >= 11 is 0. The first-order chi connectivity index (χ1) is 2.89. The zero-order chi connectivity index (χ0) is 4.41. The van der Waals surface area contributed by atoms with E-state index in [9.17, 15) is 0 Å². The van der Waals surface area contributed by atoms with E-state index in [-0.39, 0.29) is 0 Å². The molecule has 0 spiro atoms. The van der Waals surface area contributed by atoms with Crippen molar-refractivity contribution in [3.8, 4) is 0 Å². The fraction of sp³-hybridized carbons (Fsp3) is 0. The van der Waals surface area contributed by atoms with Gasteiger partial charge in [0.05, 0.1) is 0 Å². The van der Waals surface area contributed by atoms with Crippen LogP contribution in [0, 0.1) is 6.29 Å². The average Bonchev–Trinajstić information content (AvgIpc) is 1.86. The van der Waals surface area contributed by atoms with Gasteiger partial charge in [-0.05, 0) is 0 Å². The Kier molecular flexibility index (Phi) is 0.686. The molecule has 0 saturated heterocycles. The molecule has 0 saturated carbocycles. The largest absolute Gasteiger partial charge is 0.283 e. The number of hydrogen-bond acceptors (Lipinski definition) is 3. The van der Waals surface area contributed by atoms with Gasteiger partial charge in [-0.3, -0.25) is 5.73 Å². The Morgan fingerprint density at radius 2 is 1.83 bits per heavy atom.